The first-order chi connectivity index (χ1) is 10.1. The molecule has 0 bridgehead atoms. The van der Waals surface area contributed by atoms with E-state index >= 15 is 0 Å². The van der Waals surface area contributed by atoms with Crippen LogP contribution in [-0.2, 0) is 4.74 Å². The topological polar surface area (TPSA) is 26.3 Å². The average molecular weight is 329 g/mol. The Kier molecular flexibility index (Phi) is 4.57. The second-order valence-corrected chi connectivity index (χ2v) is 7.48. The molecule has 1 unspecified atom stereocenters. The van der Waals surface area contributed by atoms with Crippen molar-refractivity contribution in [1.82, 2.24) is 0 Å². The Morgan fingerprint density at radius 3 is 2.90 bits per heavy atom. The van der Waals surface area contributed by atoms with Crippen molar-refractivity contribution in [1.29, 1.82) is 0 Å². The number of Topliss-reactive ketones (excluding diaryl/α,β-unsaturated/α-hetero) is 1. The zero-order valence-electron chi connectivity index (χ0n) is 11.7. The summed E-state index contributed by atoms with van der Waals surface area (Å²) in [5.41, 5.74) is -0.0477. The fourth-order valence-electron chi connectivity index (χ4n) is 3.25. The molecule has 1 aromatic rings. The van der Waals surface area contributed by atoms with Gasteiger partial charge in [-0.2, -0.15) is 11.8 Å². The average Bonchev–Trinajstić information content (AvgIpc) is 2.50. The molecule has 1 atom stereocenters. The number of hydrogen-bond acceptors (Lipinski definition) is 3. The van der Waals surface area contributed by atoms with Gasteiger partial charge in [0, 0.05) is 17.5 Å². The van der Waals surface area contributed by atoms with E-state index in [4.69, 9.17) is 16.3 Å². The second-order valence-electron chi connectivity index (χ2n) is 5.82. The zero-order valence-corrected chi connectivity index (χ0v) is 13.3. The number of halogens is 2. The number of carbonyl (C=O) groups is 1. The van der Waals surface area contributed by atoms with E-state index in [1.54, 1.807) is 0 Å². The predicted octanol–water partition coefficient (Wildman–Crippen LogP) is 4.35. The summed E-state index contributed by atoms with van der Waals surface area (Å²) >= 11 is 7.83. The van der Waals surface area contributed by atoms with E-state index in [0.29, 0.717) is 24.5 Å². The normalized spacial score (nSPS) is 25.0. The highest BCUT2D eigenvalue weighted by molar-refractivity contribution is 7.99. The van der Waals surface area contributed by atoms with Gasteiger partial charge in [0.25, 0.3) is 0 Å². The first-order valence-electron chi connectivity index (χ1n) is 7.31. The van der Waals surface area contributed by atoms with Crippen molar-refractivity contribution in [3.8, 4) is 0 Å². The molecular weight excluding hydrogens is 311 g/mol. The van der Waals surface area contributed by atoms with Crippen LogP contribution >= 0.6 is 23.4 Å². The highest BCUT2D eigenvalue weighted by Gasteiger charge is 2.41. The van der Waals surface area contributed by atoms with Gasteiger partial charge in [-0.1, -0.05) is 11.6 Å². The molecule has 5 heteroatoms. The molecule has 2 nitrogen and oxygen atoms in total. The first kappa shape index (κ1) is 15.3. The lowest BCUT2D eigenvalue weighted by atomic mass is 9.78. The smallest absolute Gasteiger partial charge is 0.169 e. The van der Waals surface area contributed by atoms with Crippen LogP contribution in [0.25, 0.3) is 0 Å². The molecule has 0 N–H and O–H groups in total. The Hall–Kier alpha value is -0.580. The van der Waals surface area contributed by atoms with Crippen LogP contribution < -0.4 is 0 Å². The quantitative estimate of drug-likeness (QED) is 0.755. The molecule has 2 heterocycles. The highest BCUT2D eigenvalue weighted by atomic mass is 35.5. The second kappa shape index (κ2) is 6.27. The van der Waals surface area contributed by atoms with Crippen LogP contribution in [0.15, 0.2) is 18.2 Å². The minimum atomic E-state index is -0.482. The number of benzene rings is 1. The predicted molar refractivity (Wildman–Crippen MR) is 83.7 cm³/mol. The molecule has 114 valence electrons. The number of thioether (sulfide) groups is 1. The summed E-state index contributed by atoms with van der Waals surface area (Å²) < 4.78 is 19.9. The third-order valence-corrected chi connectivity index (χ3v) is 5.68. The molecule has 2 aliphatic rings. The van der Waals surface area contributed by atoms with Gasteiger partial charge in [0.15, 0.2) is 5.78 Å². The third-order valence-electron chi connectivity index (χ3n) is 4.46. The zero-order chi connectivity index (χ0) is 14.9. The molecule has 2 saturated heterocycles. The molecule has 0 radical (unpaired) electrons. The first-order valence-corrected chi connectivity index (χ1v) is 8.84. The lowest BCUT2D eigenvalue weighted by Crippen LogP contribution is -2.44. The Morgan fingerprint density at radius 1 is 1.38 bits per heavy atom. The van der Waals surface area contributed by atoms with Crippen molar-refractivity contribution in [2.75, 3.05) is 18.1 Å². The Bertz CT molecular complexity index is 538. The molecule has 0 aromatic heterocycles. The molecular formula is C16H18ClFO2S. The standard InChI is InChI=1S/C16H18ClFO2S/c17-12-1-2-14(18)13(9-12)15(19)11-3-6-20-16(10-11)4-7-21-8-5-16/h1-2,9,11H,3-8,10H2. The Balaban J connectivity index is 1.79. The fraction of sp³-hybridized carbons (Fsp3) is 0.562. The van der Waals surface area contributed by atoms with E-state index in [1.165, 1.54) is 18.2 Å². The van der Waals surface area contributed by atoms with Crippen LogP contribution in [0.4, 0.5) is 4.39 Å². The van der Waals surface area contributed by atoms with Gasteiger partial charge in [-0.15, -0.1) is 0 Å². The molecule has 0 saturated carbocycles. The van der Waals surface area contributed by atoms with E-state index in [2.05, 4.69) is 0 Å². The van der Waals surface area contributed by atoms with Gasteiger partial charge in [-0.05, 0) is 55.4 Å². The monoisotopic (exact) mass is 328 g/mol. The number of ketones is 1. The van der Waals surface area contributed by atoms with Crippen LogP contribution in [0.2, 0.25) is 5.02 Å². The summed E-state index contributed by atoms with van der Waals surface area (Å²) in [4.78, 5) is 12.6. The molecule has 1 spiro atoms. The Labute approximate surface area is 133 Å². The van der Waals surface area contributed by atoms with Crippen LogP contribution in [0.5, 0.6) is 0 Å². The fourth-order valence-corrected chi connectivity index (χ4v) is 4.66. The summed E-state index contributed by atoms with van der Waals surface area (Å²) in [6, 6.07) is 4.18. The lowest BCUT2D eigenvalue weighted by molar-refractivity contribution is -0.0960. The van der Waals surface area contributed by atoms with Gasteiger partial charge in [0.05, 0.1) is 11.2 Å². The molecule has 1 aromatic carbocycles. The summed E-state index contributed by atoms with van der Waals surface area (Å²) in [6.45, 7) is 0.587. The van der Waals surface area contributed by atoms with Gasteiger partial charge in [0.2, 0.25) is 0 Å². The molecule has 0 aliphatic carbocycles. The highest BCUT2D eigenvalue weighted by Crippen LogP contribution is 2.40. The van der Waals surface area contributed by atoms with Crippen molar-refractivity contribution in [3.05, 3.63) is 34.6 Å². The molecule has 0 amide bonds. The van der Waals surface area contributed by atoms with Gasteiger partial charge >= 0.3 is 0 Å². The minimum Gasteiger partial charge on any atom is -0.375 e. The Morgan fingerprint density at radius 2 is 2.14 bits per heavy atom. The van der Waals surface area contributed by atoms with E-state index in [1.807, 2.05) is 11.8 Å². The molecule has 2 aliphatic heterocycles. The van der Waals surface area contributed by atoms with Crippen LogP contribution in [0.3, 0.4) is 0 Å². The number of hydrogen-bond donors (Lipinski definition) is 0. The maximum Gasteiger partial charge on any atom is 0.169 e. The van der Waals surface area contributed by atoms with Crippen molar-refractivity contribution in [2.24, 2.45) is 5.92 Å². The van der Waals surface area contributed by atoms with E-state index < -0.39 is 5.82 Å². The van der Waals surface area contributed by atoms with Crippen LogP contribution in [-0.4, -0.2) is 29.5 Å². The van der Waals surface area contributed by atoms with Crippen molar-refractivity contribution >= 4 is 29.1 Å². The number of carbonyl (C=O) groups excluding carboxylic acids is 1. The molecule has 21 heavy (non-hydrogen) atoms. The summed E-state index contributed by atoms with van der Waals surface area (Å²) in [5.74, 6) is 1.38. The van der Waals surface area contributed by atoms with Crippen molar-refractivity contribution < 1.29 is 13.9 Å². The summed E-state index contributed by atoms with van der Waals surface area (Å²) in [6.07, 6.45) is 3.34. The van der Waals surface area contributed by atoms with Crippen LogP contribution in [0.1, 0.15) is 36.0 Å². The molecule has 3 rings (SSSR count). The van der Waals surface area contributed by atoms with E-state index in [9.17, 15) is 9.18 Å². The van der Waals surface area contributed by atoms with E-state index in [0.717, 1.165) is 24.3 Å². The minimum absolute atomic E-state index is 0.120. The third kappa shape index (κ3) is 3.27. The molecule has 2 fully saturated rings. The van der Waals surface area contributed by atoms with Crippen LogP contribution in [0, 0.1) is 11.7 Å². The van der Waals surface area contributed by atoms with Gasteiger partial charge in [-0.25, -0.2) is 4.39 Å². The van der Waals surface area contributed by atoms with E-state index in [-0.39, 0.29) is 22.9 Å². The lowest BCUT2D eigenvalue weighted by Gasteiger charge is -2.42. The van der Waals surface area contributed by atoms with Gasteiger partial charge in [0.1, 0.15) is 5.82 Å². The maximum atomic E-state index is 13.9. The summed E-state index contributed by atoms with van der Waals surface area (Å²) in [7, 11) is 0. The SMILES string of the molecule is O=C(c1cc(Cl)ccc1F)C1CCOC2(CCSCC2)C1. The maximum absolute atomic E-state index is 13.9. The van der Waals surface area contributed by atoms with Gasteiger partial charge in [-0.3, -0.25) is 4.79 Å². The van der Waals surface area contributed by atoms with Crippen molar-refractivity contribution in [2.45, 2.75) is 31.3 Å². The number of ether oxygens (including phenoxy) is 1. The largest absolute Gasteiger partial charge is 0.375 e. The van der Waals surface area contributed by atoms with Gasteiger partial charge < -0.3 is 4.74 Å². The number of rotatable bonds is 2. The van der Waals surface area contributed by atoms with Crippen molar-refractivity contribution in [3.63, 3.8) is 0 Å². The summed E-state index contributed by atoms with van der Waals surface area (Å²) in [5, 5.41) is 0.399.